The number of benzene rings is 1. The Balaban J connectivity index is 2.21. The number of carbonyl (C=O) groups is 1. The number of hydrogen-bond donors (Lipinski definition) is 0. The van der Waals surface area contributed by atoms with Crippen molar-refractivity contribution >= 4 is 17.7 Å². The second-order valence-corrected chi connectivity index (χ2v) is 6.38. The average molecular weight is 282 g/mol. The summed E-state index contributed by atoms with van der Waals surface area (Å²) in [6.07, 6.45) is 0.585. The standard InChI is InChI=1S/C15H20ClNO2/c1-10-13-9-12(16)6-5-11(13)7-8-17(10)14(18)19-15(2,3)4/h5-6,9-10H,7-8H2,1-4H3. The van der Waals surface area contributed by atoms with Crippen molar-refractivity contribution in [2.45, 2.75) is 45.8 Å². The fourth-order valence-electron chi connectivity index (χ4n) is 2.35. The van der Waals surface area contributed by atoms with Gasteiger partial charge in [-0.3, -0.25) is 0 Å². The molecule has 1 heterocycles. The van der Waals surface area contributed by atoms with Crippen molar-refractivity contribution in [2.24, 2.45) is 0 Å². The molecule has 3 nitrogen and oxygen atoms in total. The minimum Gasteiger partial charge on any atom is -0.444 e. The summed E-state index contributed by atoms with van der Waals surface area (Å²) in [5.74, 6) is 0. The van der Waals surface area contributed by atoms with Gasteiger partial charge in [-0.25, -0.2) is 4.79 Å². The van der Waals surface area contributed by atoms with Gasteiger partial charge in [0, 0.05) is 11.6 Å². The van der Waals surface area contributed by atoms with Gasteiger partial charge in [0.1, 0.15) is 5.60 Å². The van der Waals surface area contributed by atoms with Gasteiger partial charge < -0.3 is 9.64 Å². The van der Waals surface area contributed by atoms with Gasteiger partial charge in [0.05, 0.1) is 6.04 Å². The molecule has 0 saturated heterocycles. The first-order chi connectivity index (χ1) is 8.78. The van der Waals surface area contributed by atoms with Crippen molar-refractivity contribution in [2.75, 3.05) is 6.54 Å². The average Bonchev–Trinajstić information content (AvgIpc) is 2.28. The van der Waals surface area contributed by atoms with E-state index in [1.807, 2.05) is 45.9 Å². The minimum absolute atomic E-state index is 0.00250. The molecule has 0 radical (unpaired) electrons. The lowest BCUT2D eigenvalue weighted by atomic mass is 9.94. The summed E-state index contributed by atoms with van der Waals surface area (Å²) < 4.78 is 5.45. The maximum absolute atomic E-state index is 12.2. The summed E-state index contributed by atoms with van der Waals surface area (Å²) in [6, 6.07) is 5.88. The van der Waals surface area contributed by atoms with E-state index < -0.39 is 5.60 Å². The molecule has 0 bridgehead atoms. The van der Waals surface area contributed by atoms with Gasteiger partial charge in [-0.05, 0) is 57.4 Å². The van der Waals surface area contributed by atoms with Gasteiger partial charge in [-0.1, -0.05) is 17.7 Å². The molecule has 0 aromatic heterocycles. The van der Waals surface area contributed by atoms with Crippen LogP contribution in [0.2, 0.25) is 5.02 Å². The van der Waals surface area contributed by atoms with Crippen LogP contribution in [0, 0.1) is 0 Å². The normalized spacial score (nSPS) is 19.0. The lowest BCUT2D eigenvalue weighted by Crippen LogP contribution is -2.42. The molecule has 1 amide bonds. The van der Waals surface area contributed by atoms with Crippen LogP contribution >= 0.6 is 11.6 Å². The van der Waals surface area contributed by atoms with Crippen LogP contribution in [0.5, 0.6) is 0 Å². The Labute approximate surface area is 119 Å². The van der Waals surface area contributed by atoms with Crippen molar-refractivity contribution < 1.29 is 9.53 Å². The van der Waals surface area contributed by atoms with Crippen molar-refractivity contribution in [1.29, 1.82) is 0 Å². The molecule has 0 aliphatic carbocycles. The van der Waals surface area contributed by atoms with E-state index in [1.165, 1.54) is 5.56 Å². The fourth-order valence-corrected chi connectivity index (χ4v) is 2.54. The molecule has 1 aliphatic rings. The van der Waals surface area contributed by atoms with Gasteiger partial charge in [-0.15, -0.1) is 0 Å². The van der Waals surface area contributed by atoms with Crippen molar-refractivity contribution in [3.05, 3.63) is 34.3 Å². The number of halogens is 1. The van der Waals surface area contributed by atoms with Crippen LogP contribution < -0.4 is 0 Å². The summed E-state index contributed by atoms with van der Waals surface area (Å²) in [5.41, 5.74) is 1.91. The molecule has 1 unspecified atom stereocenters. The Morgan fingerprint density at radius 2 is 2.11 bits per heavy atom. The predicted molar refractivity (Wildman–Crippen MR) is 76.5 cm³/mol. The van der Waals surface area contributed by atoms with E-state index in [0.717, 1.165) is 12.0 Å². The van der Waals surface area contributed by atoms with Gasteiger partial charge in [0.25, 0.3) is 0 Å². The summed E-state index contributed by atoms with van der Waals surface area (Å²) in [5, 5.41) is 0.705. The monoisotopic (exact) mass is 281 g/mol. The molecule has 1 aromatic carbocycles. The molecule has 1 atom stereocenters. The molecule has 0 N–H and O–H groups in total. The molecule has 0 saturated carbocycles. The number of amides is 1. The van der Waals surface area contributed by atoms with Gasteiger partial charge in [-0.2, -0.15) is 0 Å². The van der Waals surface area contributed by atoms with Crippen LogP contribution in [0.15, 0.2) is 18.2 Å². The zero-order valence-corrected chi connectivity index (χ0v) is 12.6. The molecule has 19 heavy (non-hydrogen) atoms. The van der Waals surface area contributed by atoms with E-state index >= 15 is 0 Å². The highest BCUT2D eigenvalue weighted by atomic mass is 35.5. The molecule has 4 heteroatoms. The third-order valence-corrected chi connectivity index (χ3v) is 3.51. The van der Waals surface area contributed by atoms with Crippen LogP contribution in [0.4, 0.5) is 4.79 Å². The first-order valence-electron chi connectivity index (χ1n) is 6.56. The van der Waals surface area contributed by atoms with E-state index in [0.29, 0.717) is 11.6 Å². The zero-order valence-electron chi connectivity index (χ0n) is 11.9. The largest absolute Gasteiger partial charge is 0.444 e. The van der Waals surface area contributed by atoms with Crippen LogP contribution in [-0.2, 0) is 11.2 Å². The number of rotatable bonds is 0. The highest BCUT2D eigenvalue weighted by Crippen LogP contribution is 2.32. The van der Waals surface area contributed by atoms with E-state index in [1.54, 1.807) is 4.90 Å². The Kier molecular flexibility index (Phi) is 3.77. The van der Waals surface area contributed by atoms with Crippen molar-refractivity contribution in [1.82, 2.24) is 4.90 Å². The Morgan fingerprint density at radius 3 is 2.74 bits per heavy atom. The van der Waals surface area contributed by atoms with Crippen molar-refractivity contribution in [3.63, 3.8) is 0 Å². The maximum Gasteiger partial charge on any atom is 0.410 e. The van der Waals surface area contributed by atoms with Crippen LogP contribution in [-0.4, -0.2) is 23.1 Å². The molecule has 104 valence electrons. The highest BCUT2D eigenvalue weighted by molar-refractivity contribution is 6.30. The topological polar surface area (TPSA) is 29.5 Å². The number of hydrogen-bond acceptors (Lipinski definition) is 2. The SMILES string of the molecule is CC1c2cc(Cl)ccc2CCN1C(=O)OC(C)(C)C. The van der Waals surface area contributed by atoms with E-state index in [-0.39, 0.29) is 12.1 Å². The number of carbonyl (C=O) groups excluding carboxylic acids is 1. The quantitative estimate of drug-likeness (QED) is 0.713. The Morgan fingerprint density at radius 1 is 1.42 bits per heavy atom. The lowest BCUT2D eigenvalue weighted by molar-refractivity contribution is 0.0160. The highest BCUT2D eigenvalue weighted by Gasteiger charge is 2.30. The smallest absolute Gasteiger partial charge is 0.410 e. The fraction of sp³-hybridized carbons (Fsp3) is 0.533. The third kappa shape index (κ3) is 3.21. The molecular formula is C15H20ClNO2. The van der Waals surface area contributed by atoms with E-state index in [9.17, 15) is 4.79 Å². The molecule has 1 aromatic rings. The van der Waals surface area contributed by atoms with Gasteiger partial charge in [0.2, 0.25) is 0 Å². The second kappa shape index (κ2) is 5.04. The van der Waals surface area contributed by atoms with E-state index in [4.69, 9.17) is 16.3 Å². The first-order valence-corrected chi connectivity index (χ1v) is 6.93. The summed E-state index contributed by atoms with van der Waals surface area (Å²) in [7, 11) is 0. The van der Waals surface area contributed by atoms with Gasteiger partial charge >= 0.3 is 6.09 Å². The third-order valence-electron chi connectivity index (χ3n) is 3.28. The summed E-state index contributed by atoms with van der Waals surface area (Å²) >= 11 is 6.04. The molecule has 1 aliphatic heterocycles. The van der Waals surface area contributed by atoms with Crippen LogP contribution in [0.25, 0.3) is 0 Å². The Bertz CT molecular complexity index is 493. The first kappa shape index (κ1) is 14.2. The molecule has 0 fully saturated rings. The molecule has 0 spiro atoms. The van der Waals surface area contributed by atoms with Gasteiger partial charge in [0.15, 0.2) is 0 Å². The zero-order chi connectivity index (χ0) is 14.2. The molecular weight excluding hydrogens is 262 g/mol. The van der Waals surface area contributed by atoms with E-state index in [2.05, 4.69) is 0 Å². The summed E-state index contributed by atoms with van der Waals surface area (Å²) in [6.45, 7) is 8.34. The number of fused-ring (bicyclic) bond motifs is 1. The Hall–Kier alpha value is -1.22. The predicted octanol–water partition coefficient (Wildman–Crippen LogP) is 4.19. The second-order valence-electron chi connectivity index (χ2n) is 5.94. The number of ether oxygens (including phenoxy) is 1. The van der Waals surface area contributed by atoms with Crippen LogP contribution in [0.1, 0.15) is 44.9 Å². The minimum atomic E-state index is -0.467. The number of nitrogens with zero attached hydrogens (tertiary/aromatic N) is 1. The summed E-state index contributed by atoms with van der Waals surface area (Å²) in [4.78, 5) is 14.0. The molecule has 2 rings (SSSR count). The van der Waals surface area contributed by atoms with Crippen molar-refractivity contribution in [3.8, 4) is 0 Å². The van der Waals surface area contributed by atoms with Crippen LogP contribution in [0.3, 0.4) is 0 Å². The maximum atomic E-state index is 12.2. The lowest BCUT2D eigenvalue weighted by Gasteiger charge is -2.36.